The fourth-order valence-electron chi connectivity index (χ4n) is 4.30. The minimum Gasteiger partial charge on any atom is -0.467 e. The maximum atomic E-state index is 13.1. The topological polar surface area (TPSA) is 77.1 Å². The molecule has 35 heavy (non-hydrogen) atoms. The summed E-state index contributed by atoms with van der Waals surface area (Å²) in [5, 5.41) is 1.17. The van der Waals surface area contributed by atoms with E-state index in [0.29, 0.717) is 16.9 Å². The minimum atomic E-state index is -4.43. The molecule has 1 aliphatic heterocycles. The number of amides is 1. The fraction of sp³-hybridized carbons (Fsp3) is 0.440. The van der Waals surface area contributed by atoms with Gasteiger partial charge in [-0.3, -0.25) is 4.79 Å². The Balaban J connectivity index is 1.46. The highest BCUT2D eigenvalue weighted by atomic mass is 19.4. The highest BCUT2D eigenvalue weighted by Crippen LogP contribution is 2.30. The summed E-state index contributed by atoms with van der Waals surface area (Å²) in [4.78, 5) is 30.9. The standard InChI is InChI=1S/C25H27F3N2O5/c1-33-24(32)22(34-19-5-3-2-4-6-19)14-17-9-12-21-20(13-17)23(31)30(29-35-21)15-16-7-10-18(11-8-16)25(26,27)28/h7-13,19,22,29H,2-6,14-15H2,1H3. The molecule has 0 aromatic heterocycles. The Morgan fingerprint density at radius 3 is 2.46 bits per heavy atom. The lowest BCUT2D eigenvalue weighted by atomic mass is 9.97. The predicted octanol–water partition coefficient (Wildman–Crippen LogP) is 4.59. The molecule has 0 bridgehead atoms. The Bertz CT molecular complexity index is 1050. The van der Waals surface area contributed by atoms with E-state index in [4.69, 9.17) is 14.3 Å². The smallest absolute Gasteiger partial charge is 0.416 e. The number of fused-ring (bicyclic) bond motifs is 1. The lowest BCUT2D eigenvalue weighted by molar-refractivity contribution is -0.159. The maximum Gasteiger partial charge on any atom is 0.416 e. The Morgan fingerprint density at radius 2 is 1.80 bits per heavy atom. The van der Waals surface area contributed by atoms with Gasteiger partial charge in [0.05, 0.1) is 30.9 Å². The van der Waals surface area contributed by atoms with Crippen LogP contribution in [-0.2, 0) is 33.4 Å². The van der Waals surface area contributed by atoms with Crippen LogP contribution in [0.1, 0.15) is 59.2 Å². The van der Waals surface area contributed by atoms with Crippen molar-refractivity contribution in [2.45, 2.75) is 63.5 Å². The fourth-order valence-corrected chi connectivity index (χ4v) is 4.30. The highest BCUT2D eigenvalue weighted by molar-refractivity contribution is 5.97. The zero-order chi connectivity index (χ0) is 25.0. The quantitative estimate of drug-likeness (QED) is 0.570. The largest absolute Gasteiger partial charge is 0.467 e. The average molecular weight is 492 g/mol. The molecule has 1 amide bonds. The van der Waals surface area contributed by atoms with Gasteiger partial charge in [-0.1, -0.05) is 43.1 Å². The van der Waals surface area contributed by atoms with Crippen molar-refractivity contribution in [2.75, 3.05) is 7.11 Å². The molecule has 10 heteroatoms. The van der Waals surface area contributed by atoms with E-state index in [1.165, 1.54) is 24.3 Å². The van der Waals surface area contributed by atoms with Gasteiger partial charge in [-0.2, -0.15) is 13.2 Å². The number of hydrogen-bond donors (Lipinski definition) is 1. The van der Waals surface area contributed by atoms with Crippen LogP contribution in [0.5, 0.6) is 5.75 Å². The number of hydrogen-bond acceptors (Lipinski definition) is 6. The zero-order valence-corrected chi connectivity index (χ0v) is 19.3. The van der Waals surface area contributed by atoms with E-state index in [1.807, 2.05) is 0 Å². The van der Waals surface area contributed by atoms with E-state index in [9.17, 15) is 22.8 Å². The number of rotatable bonds is 7. The number of alkyl halides is 3. The molecule has 1 fully saturated rings. The molecule has 1 aliphatic carbocycles. The summed E-state index contributed by atoms with van der Waals surface area (Å²) >= 11 is 0. The summed E-state index contributed by atoms with van der Waals surface area (Å²) < 4.78 is 49.4. The second kappa shape index (κ2) is 10.7. The Kier molecular flexibility index (Phi) is 7.61. The number of methoxy groups -OCH3 is 1. The predicted molar refractivity (Wildman–Crippen MR) is 119 cm³/mol. The van der Waals surface area contributed by atoms with Gasteiger partial charge in [-0.25, -0.2) is 9.80 Å². The number of benzene rings is 2. The third-order valence-electron chi connectivity index (χ3n) is 6.20. The number of halogens is 3. The second-order valence-corrected chi connectivity index (χ2v) is 8.72. The van der Waals surface area contributed by atoms with Crippen molar-refractivity contribution in [3.8, 4) is 5.75 Å². The zero-order valence-electron chi connectivity index (χ0n) is 19.3. The van der Waals surface area contributed by atoms with Gasteiger partial charge in [0.25, 0.3) is 5.91 Å². The Labute approximate surface area is 201 Å². The van der Waals surface area contributed by atoms with Crippen LogP contribution in [0.15, 0.2) is 42.5 Å². The molecule has 0 saturated heterocycles. The average Bonchev–Trinajstić information content (AvgIpc) is 2.85. The highest BCUT2D eigenvalue weighted by Gasteiger charge is 2.31. The molecule has 4 rings (SSSR count). The molecule has 1 N–H and O–H groups in total. The first kappa shape index (κ1) is 25.0. The lowest BCUT2D eigenvalue weighted by Gasteiger charge is -2.29. The van der Waals surface area contributed by atoms with Crippen molar-refractivity contribution < 1.29 is 37.1 Å². The Morgan fingerprint density at radius 1 is 1.11 bits per heavy atom. The van der Waals surface area contributed by atoms with Crippen LogP contribution in [0.25, 0.3) is 0 Å². The maximum absolute atomic E-state index is 13.1. The molecule has 7 nitrogen and oxygen atoms in total. The van der Waals surface area contributed by atoms with Gasteiger partial charge in [0.2, 0.25) is 0 Å². The molecule has 1 unspecified atom stereocenters. The van der Waals surface area contributed by atoms with Crippen LogP contribution in [0.3, 0.4) is 0 Å². The first-order valence-electron chi connectivity index (χ1n) is 11.5. The number of hydrazine groups is 1. The van der Waals surface area contributed by atoms with Gasteiger partial charge in [-0.05, 0) is 48.2 Å². The van der Waals surface area contributed by atoms with E-state index < -0.39 is 29.7 Å². The monoisotopic (exact) mass is 492 g/mol. The van der Waals surface area contributed by atoms with Crippen LogP contribution >= 0.6 is 0 Å². The summed E-state index contributed by atoms with van der Waals surface area (Å²) in [5.74, 6) is -0.567. The van der Waals surface area contributed by atoms with E-state index in [0.717, 1.165) is 44.2 Å². The van der Waals surface area contributed by atoms with Crippen molar-refractivity contribution in [1.82, 2.24) is 10.6 Å². The number of nitrogens with one attached hydrogen (secondary N) is 1. The van der Waals surface area contributed by atoms with Gasteiger partial charge in [-0.15, -0.1) is 0 Å². The van der Waals surface area contributed by atoms with E-state index in [1.54, 1.807) is 18.2 Å². The first-order valence-corrected chi connectivity index (χ1v) is 11.5. The molecule has 0 spiro atoms. The molecular formula is C25H27F3N2O5. The minimum absolute atomic E-state index is 0.00105. The van der Waals surface area contributed by atoms with Crippen molar-refractivity contribution in [3.63, 3.8) is 0 Å². The summed E-state index contributed by atoms with van der Waals surface area (Å²) in [5.41, 5.74) is 3.22. The SMILES string of the molecule is COC(=O)C(Cc1ccc2c(c1)C(=O)N(Cc1ccc(C(F)(F)F)cc1)NO2)OC1CCCCC1. The summed E-state index contributed by atoms with van der Waals surface area (Å²) in [6.45, 7) is -0.00376. The first-order chi connectivity index (χ1) is 16.7. The van der Waals surface area contributed by atoms with Crippen molar-refractivity contribution in [3.05, 3.63) is 64.7 Å². The normalized spacial score (nSPS) is 17.5. The van der Waals surface area contributed by atoms with Crippen LogP contribution in [0.2, 0.25) is 0 Å². The number of carbonyl (C=O) groups excluding carboxylic acids is 2. The molecule has 2 aromatic carbocycles. The number of nitrogens with zero attached hydrogens (tertiary/aromatic N) is 1. The molecule has 1 heterocycles. The van der Waals surface area contributed by atoms with Gasteiger partial charge >= 0.3 is 12.1 Å². The van der Waals surface area contributed by atoms with Crippen LogP contribution < -0.4 is 10.4 Å². The number of carbonyl (C=O) groups is 2. The van der Waals surface area contributed by atoms with Crippen molar-refractivity contribution in [2.24, 2.45) is 0 Å². The molecule has 0 radical (unpaired) electrons. The van der Waals surface area contributed by atoms with Crippen LogP contribution in [-0.4, -0.2) is 36.2 Å². The molecular weight excluding hydrogens is 465 g/mol. The lowest BCUT2D eigenvalue weighted by Crippen LogP contribution is -2.47. The summed E-state index contributed by atoms with van der Waals surface area (Å²) in [6.07, 6.45) is 0.0851. The number of ether oxygens (including phenoxy) is 2. The van der Waals surface area contributed by atoms with Crippen molar-refractivity contribution >= 4 is 11.9 Å². The van der Waals surface area contributed by atoms with Crippen molar-refractivity contribution in [1.29, 1.82) is 0 Å². The Hall–Kier alpha value is -3.11. The third kappa shape index (κ3) is 6.12. The van der Waals surface area contributed by atoms with E-state index in [2.05, 4.69) is 5.59 Å². The molecule has 1 saturated carbocycles. The van der Waals surface area contributed by atoms with Gasteiger partial charge in [0, 0.05) is 6.42 Å². The van der Waals surface area contributed by atoms with E-state index in [-0.39, 0.29) is 24.6 Å². The molecule has 1 atom stereocenters. The van der Waals surface area contributed by atoms with Crippen LogP contribution in [0.4, 0.5) is 13.2 Å². The van der Waals surface area contributed by atoms with E-state index >= 15 is 0 Å². The number of esters is 1. The summed E-state index contributed by atoms with van der Waals surface area (Å²) in [6, 6.07) is 9.57. The third-order valence-corrected chi connectivity index (χ3v) is 6.20. The molecule has 2 aliphatic rings. The van der Waals surface area contributed by atoms with Gasteiger partial charge < -0.3 is 14.3 Å². The molecule has 188 valence electrons. The van der Waals surface area contributed by atoms with Gasteiger partial charge in [0.15, 0.2) is 11.9 Å². The van der Waals surface area contributed by atoms with Gasteiger partial charge in [0.1, 0.15) is 0 Å². The van der Waals surface area contributed by atoms with Crippen LogP contribution in [0, 0.1) is 0 Å². The summed E-state index contributed by atoms with van der Waals surface area (Å²) in [7, 11) is 1.31. The second-order valence-electron chi connectivity index (χ2n) is 8.72. The molecule has 2 aromatic rings.